The Bertz CT molecular complexity index is 596. The van der Waals surface area contributed by atoms with Crippen molar-refractivity contribution in [2.24, 2.45) is 5.10 Å². The molecule has 1 amide bonds. The van der Waals surface area contributed by atoms with Crippen LogP contribution in [0.1, 0.15) is 22.1 Å². The molecule has 0 radical (unpaired) electrons. The number of carbonyl (C=O) groups excluding carboxylic acids is 1. The topological polar surface area (TPSA) is 71.0 Å². The molecule has 0 aliphatic rings. The molecule has 0 unspecified atom stereocenters. The molecule has 0 spiro atoms. The van der Waals surface area contributed by atoms with Crippen molar-refractivity contribution in [3.05, 3.63) is 41.5 Å². The predicted octanol–water partition coefficient (Wildman–Crippen LogP) is 2.01. The summed E-state index contributed by atoms with van der Waals surface area (Å²) in [6, 6.07) is 6.90. The fraction of sp³-hybridized carbons (Fsp3) is 0.231. The maximum Gasteiger partial charge on any atom is 0.307 e. The lowest BCUT2D eigenvalue weighted by Gasteiger charge is -2.05. The first kappa shape index (κ1) is 12.9. The van der Waals surface area contributed by atoms with Crippen molar-refractivity contribution in [2.45, 2.75) is 6.92 Å². The van der Waals surface area contributed by atoms with Crippen molar-refractivity contribution in [1.29, 1.82) is 0 Å². The zero-order chi connectivity index (χ0) is 13.8. The van der Waals surface area contributed by atoms with Gasteiger partial charge in [0.2, 0.25) is 0 Å². The van der Waals surface area contributed by atoms with Gasteiger partial charge < -0.3 is 13.7 Å². The maximum atomic E-state index is 11.6. The van der Waals surface area contributed by atoms with Crippen LogP contribution in [0.25, 0.3) is 0 Å². The van der Waals surface area contributed by atoms with Crippen LogP contribution in [0.2, 0.25) is 0 Å². The molecule has 19 heavy (non-hydrogen) atoms. The fourth-order valence-corrected chi connectivity index (χ4v) is 1.42. The molecule has 0 atom stereocenters. The second-order valence-corrected chi connectivity index (χ2v) is 4.18. The minimum Gasteiger partial charge on any atom is -0.456 e. The molecule has 0 bridgehead atoms. The van der Waals surface area contributed by atoms with E-state index in [-0.39, 0.29) is 5.76 Å². The maximum absolute atomic E-state index is 11.6. The van der Waals surface area contributed by atoms with E-state index in [1.165, 1.54) is 6.21 Å². The summed E-state index contributed by atoms with van der Waals surface area (Å²) in [5, 5.41) is 3.80. The van der Waals surface area contributed by atoms with Crippen molar-refractivity contribution in [3.8, 4) is 0 Å². The van der Waals surface area contributed by atoms with E-state index in [4.69, 9.17) is 8.83 Å². The monoisotopic (exact) mass is 261 g/mol. The second kappa shape index (κ2) is 5.43. The number of amides is 1. The van der Waals surface area contributed by atoms with E-state index in [1.807, 2.05) is 25.1 Å². The molecule has 0 fully saturated rings. The van der Waals surface area contributed by atoms with Crippen LogP contribution in [0.15, 0.2) is 38.2 Å². The van der Waals surface area contributed by atoms with Gasteiger partial charge in [-0.15, -0.1) is 0 Å². The summed E-state index contributed by atoms with van der Waals surface area (Å²) in [7, 11) is 3.75. The molecule has 2 aromatic heterocycles. The summed E-state index contributed by atoms with van der Waals surface area (Å²) in [6.07, 6.45) is 1.43. The van der Waals surface area contributed by atoms with E-state index in [2.05, 4.69) is 10.5 Å². The highest BCUT2D eigenvalue weighted by atomic mass is 16.4. The Morgan fingerprint density at radius 2 is 2.05 bits per heavy atom. The normalized spacial score (nSPS) is 10.9. The molecule has 6 nitrogen and oxygen atoms in total. The van der Waals surface area contributed by atoms with Gasteiger partial charge in [-0.05, 0) is 25.1 Å². The summed E-state index contributed by atoms with van der Waals surface area (Å²) in [6.45, 7) is 1.77. The summed E-state index contributed by atoms with van der Waals surface area (Å²) in [5.74, 6) is 1.77. The highest BCUT2D eigenvalue weighted by Gasteiger charge is 2.08. The molecule has 2 aromatic rings. The number of anilines is 1. The molecular weight excluding hydrogens is 246 g/mol. The van der Waals surface area contributed by atoms with E-state index in [0.29, 0.717) is 11.5 Å². The van der Waals surface area contributed by atoms with Gasteiger partial charge in [0, 0.05) is 20.2 Å². The average molecular weight is 261 g/mol. The Hall–Kier alpha value is -2.50. The Kier molecular flexibility index (Phi) is 3.70. The van der Waals surface area contributed by atoms with Gasteiger partial charge in [0.15, 0.2) is 11.6 Å². The molecule has 0 saturated carbocycles. The van der Waals surface area contributed by atoms with E-state index in [9.17, 15) is 4.79 Å². The van der Waals surface area contributed by atoms with E-state index < -0.39 is 5.91 Å². The average Bonchev–Trinajstić information content (AvgIpc) is 2.98. The smallest absolute Gasteiger partial charge is 0.307 e. The largest absolute Gasteiger partial charge is 0.456 e. The fourth-order valence-electron chi connectivity index (χ4n) is 1.42. The molecule has 6 heteroatoms. The van der Waals surface area contributed by atoms with Crippen LogP contribution in [0.5, 0.6) is 0 Å². The molecule has 2 rings (SSSR count). The van der Waals surface area contributed by atoms with Crippen molar-refractivity contribution >= 4 is 18.0 Å². The van der Waals surface area contributed by atoms with Crippen LogP contribution >= 0.6 is 0 Å². The van der Waals surface area contributed by atoms with Crippen molar-refractivity contribution in [3.63, 3.8) is 0 Å². The quantitative estimate of drug-likeness (QED) is 0.675. The molecule has 0 aromatic carbocycles. The number of nitrogens with one attached hydrogen (secondary N) is 1. The first-order valence-corrected chi connectivity index (χ1v) is 5.73. The SMILES string of the molecule is Cc1ccc(C(=O)NN=Cc2ccc(N(C)C)o2)o1. The lowest BCUT2D eigenvalue weighted by Crippen LogP contribution is -2.16. The molecule has 2 heterocycles. The molecule has 0 saturated heterocycles. The Labute approximate surface area is 110 Å². The van der Waals surface area contributed by atoms with Gasteiger partial charge in [0.25, 0.3) is 0 Å². The number of hydrogen-bond acceptors (Lipinski definition) is 5. The Balaban J connectivity index is 1.94. The second-order valence-electron chi connectivity index (χ2n) is 4.18. The van der Waals surface area contributed by atoms with Crippen LogP contribution in [-0.2, 0) is 0 Å². The molecular formula is C13H15N3O3. The molecule has 100 valence electrons. The van der Waals surface area contributed by atoms with Crippen LogP contribution in [-0.4, -0.2) is 26.2 Å². The third-order valence-electron chi connectivity index (χ3n) is 2.38. The van der Waals surface area contributed by atoms with Crippen LogP contribution in [0.4, 0.5) is 5.88 Å². The van der Waals surface area contributed by atoms with Gasteiger partial charge >= 0.3 is 5.91 Å². The summed E-state index contributed by atoms with van der Waals surface area (Å²) >= 11 is 0. The van der Waals surface area contributed by atoms with Gasteiger partial charge in [0.1, 0.15) is 11.5 Å². The van der Waals surface area contributed by atoms with Crippen LogP contribution in [0, 0.1) is 6.92 Å². The Morgan fingerprint density at radius 1 is 1.26 bits per heavy atom. The van der Waals surface area contributed by atoms with Gasteiger partial charge in [-0.1, -0.05) is 0 Å². The zero-order valence-electron chi connectivity index (χ0n) is 11.0. The number of aryl methyl sites for hydroxylation is 1. The van der Waals surface area contributed by atoms with Crippen molar-refractivity contribution in [1.82, 2.24) is 5.43 Å². The number of furan rings is 2. The Morgan fingerprint density at radius 3 is 2.63 bits per heavy atom. The standard InChI is InChI=1S/C13H15N3O3/c1-9-4-6-11(18-9)13(17)15-14-8-10-5-7-12(19-10)16(2)3/h4-8H,1-3H3,(H,15,17). The molecule has 1 N–H and O–H groups in total. The van der Waals surface area contributed by atoms with Gasteiger partial charge in [-0.25, -0.2) is 5.43 Å². The van der Waals surface area contributed by atoms with E-state index in [1.54, 1.807) is 25.1 Å². The van der Waals surface area contributed by atoms with E-state index >= 15 is 0 Å². The third kappa shape index (κ3) is 3.25. The number of hydrogen-bond donors (Lipinski definition) is 1. The third-order valence-corrected chi connectivity index (χ3v) is 2.38. The highest BCUT2D eigenvalue weighted by molar-refractivity contribution is 5.92. The molecule has 0 aliphatic carbocycles. The lowest BCUT2D eigenvalue weighted by molar-refractivity contribution is 0.0926. The summed E-state index contributed by atoms with van der Waals surface area (Å²) < 4.78 is 10.6. The van der Waals surface area contributed by atoms with Crippen LogP contribution < -0.4 is 10.3 Å². The highest BCUT2D eigenvalue weighted by Crippen LogP contribution is 2.14. The van der Waals surface area contributed by atoms with Crippen molar-refractivity contribution < 1.29 is 13.6 Å². The summed E-state index contributed by atoms with van der Waals surface area (Å²) in [4.78, 5) is 13.4. The van der Waals surface area contributed by atoms with Crippen molar-refractivity contribution in [2.75, 3.05) is 19.0 Å². The van der Waals surface area contributed by atoms with Crippen LogP contribution in [0.3, 0.4) is 0 Å². The number of hydrazone groups is 1. The predicted molar refractivity (Wildman–Crippen MR) is 71.5 cm³/mol. The number of nitrogens with zero attached hydrogens (tertiary/aromatic N) is 2. The minimum absolute atomic E-state index is 0.225. The number of rotatable bonds is 4. The minimum atomic E-state index is -0.399. The number of carbonyl (C=O) groups is 1. The first-order chi connectivity index (χ1) is 9.06. The van der Waals surface area contributed by atoms with Gasteiger partial charge in [0.05, 0.1) is 6.21 Å². The zero-order valence-corrected chi connectivity index (χ0v) is 11.0. The molecule has 0 aliphatic heterocycles. The first-order valence-electron chi connectivity index (χ1n) is 5.73. The van der Waals surface area contributed by atoms with Gasteiger partial charge in [-0.3, -0.25) is 4.79 Å². The van der Waals surface area contributed by atoms with E-state index in [0.717, 1.165) is 5.88 Å². The van der Waals surface area contributed by atoms with Gasteiger partial charge in [-0.2, -0.15) is 5.10 Å². The lowest BCUT2D eigenvalue weighted by atomic mass is 10.4. The summed E-state index contributed by atoms with van der Waals surface area (Å²) in [5.41, 5.74) is 2.36.